The second kappa shape index (κ2) is 9.96. The summed E-state index contributed by atoms with van der Waals surface area (Å²) in [5, 5.41) is 3.09. The van der Waals surface area contributed by atoms with E-state index in [0.717, 1.165) is 19.3 Å². The molecule has 1 saturated heterocycles. The summed E-state index contributed by atoms with van der Waals surface area (Å²) in [4.78, 5) is 36.7. The van der Waals surface area contributed by atoms with Crippen LogP contribution in [0.1, 0.15) is 29.6 Å². The van der Waals surface area contributed by atoms with Gasteiger partial charge in [-0.2, -0.15) is 4.31 Å². The van der Waals surface area contributed by atoms with Crippen LogP contribution < -0.4 is 10.9 Å². The maximum absolute atomic E-state index is 12.9. The number of esters is 1. The summed E-state index contributed by atoms with van der Waals surface area (Å²) in [6.07, 6.45) is 2.56. The SMILES string of the molecule is O=C(COC(=O)c1cc2ccccc2oc1=O)Nc1cc(S(=O)(=O)N2CCCCC2)ccc1Cl. The van der Waals surface area contributed by atoms with Gasteiger partial charge in [-0.15, -0.1) is 0 Å². The monoisotopic (exact) mass is 504 g/mol. The molecule has 1 aliphatic heterocycles. The van der Waals surface area contributed by atoms with Gasteiger partial charge in [-0.25, -0.2) is 18.0 Å². The first-order valence-corrected chi connectivity index (χ1v) is 12.4. The van der Waals surface area contributed by atoms with Crippen molar-refractivity contribution in [1.82, 2.24) is 4.31 Å². The fraction of sp³-hybridized carbons (Fsp3) is 0.261. The molecule has 0 saturated carbocycles. The topological polar surface area (TPSA) is 123 Å². The predicted octanol–water partition coefficient (Wildman–Crippen LogP) is 3.42. The number of carbonyl (C=O) groups excluding carboxylic acids is 2. The molecule has 1 N–H and O–H groups in total. The van der Waals surface area contributed by atoms with E-state index in [1.165, 1.54) is 28.6 Å². The minimum absolute atomic E-state index is 0.000123. The molecule has 178 valence electrons. The minimum Gasteiger partial charge on any atom is -0.452 e. The van der Waals surface area contributed by atoms with Gasteiger partial charge in [-0.05, 0) is 43.2 Å². The van der Waals surface area contributed by atoms with Crippen molar-refractivity contribution in [3.63, 3.8) is 0 Å². The van der Waals surface area contributed by atoms with Crippen LogP contribution in [-0.2, 0) is 19.6 Å². The van der Waals surface area contributed by atoms with E-state index < -0.39 is 34.1 Å². The van der Waals surface area contributed by atoms with Crippen molar-refractivity contribution in [1.29, 1.82) is 0 Å². The fourth-order valence-corrected chi connectivity index (χ4v) is 5.32. The molecule has 9 nitrogen and oxygen atoms in total. The zero-order valence-corrected chi connectivity index (χ0v) is 19.5. The number of anilines is 1. The molecular weight excluding hydrogens is 484 g/mol. The molecule has 0 radical (unpaired) electrons. The van der Waals surface area contributed by atoms with Crippen LogP contribution in [-0.4, -0.2) is 44.3 Å². The van der Waals surface area contributed by atoms with Gasteiger partial charge in [0.25, 0.3) is 5.91 Å². The lowest BCUT2D eigenvalue weighted by Crippen LogP contribution is -2.35. The number of hydrogen-bond donors (Lipinski definition) is 1. The van der Waals surface area contributed by atoms with Gasteiger partial charge in [0, 0.05) is 18.5 Å². The Morgan fingerprint density at radius 1 is 1.06 bits per heavy atom. The van der Waals surface area contributed by atoms with Crippen LogP contribution in [0.25, 0.3) is 11.0 Å². The van der Waals surface area contributed by atoms with Gasteiger partial charge in [0.1, 0.15) is 11.1 Å². The number of ether oxygens (including phenoxy) is 1. The number of benzene rings is 2. The molecule has 1 fully saturated rings. The Balaban J connectivity index is 1.44. The van der Waals surface area contributed by atoms with E-state index >= 15 is 0 Å². The number of rotatable bonds is 6. The number of amides is 1. The smallest absolute Gasteiger partial charge is 0.351 e. The quantitative estimate of drug-likeness (QED) is 0.403. The molecule has 0 bridgehead atoms. The largest absolute Gasteiger partial charge is 0.452 e. The molecule has 4 rings (SSSR count). The minimum atomic E-state index is -3.73. The van der Waals surface area contributed by atoms with E-state index in [0.29, 0.717) is 24.1 Å². The standard InChI is InChI=1S/C23H21ClN2O7S/c24-18-9-8-16(34(30,31)26-10-4-1-5-11-26)13-19(18)25-21(27)14-32-22(28)17-12-15-6-2-3-7-20(15)33-23(17)29/h2-3,6-9,12-13H,1,4-5,10-11,14H2,(H,25,27). The first-order valence-electron chi connectivity index (χ1n) is 10.6. The highest BCUT2D eigenvalue weighted by Crippen LogP contribution is 2.28. The van der Waals surface area contributed by atoms with Crippen LogP contribution in [0.3, 0.4) is 0 Å². The van der Waals surface area contributed by atoms with Crippen LogP contribution in [0, 0.1) is 0 Å². The Morgan fingerprint density at radius 2 is 1.79 bits per heavy atom. The van der Waals surface area contributed by atoms with Gasteiger partial charge in [0.15, 0.2) is 6.61 Å². The van der Waals surface area contributed by atoms with Gasteiger partial charge in [-0.3, -0.25) is 4.79 Å². The molecule has 3 aromatic rings. The van der Waals surface area contributed by atoms with Gasteiger partial charge >= 0.3 is 11.6 Å². The van der Waals surface area contributed by atoms with E-state index in [9.17, 15) is 22.8 Å². The Bertz CT molecular complexity index is 1410. The van der Waals surface area contributed by atoms with Gasteiger partial charge < -0.3 is 14.5 Å². The highest BCUT2D eigenvalue weighted by molar-refractivity contribution is 7.89. The van der Waals surface area contributed by atoms with Crippen LogP contribution in [0.5, 0.6) is 0 Å². The summed E-state index contributed by atoms with van der Waals surface area (Å²) in [7, 11) is -3.73. The van der Waals surface area contributed by atoms with Crippen molar-refractivity contribution >= 4 is 50.2 Å². The Morgan fingerprint density at radius 3 is 2.56 bits per heavy atom. The normalized spacial score (nSPS) is 14.6. The number of nitrogens with one attached hydrogen (secondary N) is 1. The van der Waals surface area contributed by atoms with E-state index in [1.54, 1.807) is 24.3 Å². The summed E-state index contributed by atoms with van der Waals surface area (Å²) in [5.74, 6) is -1.78. The lowest BCUT2D eigenvalue weighted by Gasteiger charge is -2.26. The number of carbonyl (C=O) groups is 2. The molecule has 1 aromatic heterocycles. The summed E-state index contributed by atoms with van der Waals surface area (Å²) in [6, 6.07) is 12.0. The molecule has 2 aromatic carbocycles. The average Bonchev–Trinajstić information content (AvgIpc) is 2.84. The van der Waals surface area contributed by atoms with Crippen LogP contribution in [0.15, 0.2) is 62.6 Å². The molecule has 1 aliphatic rings. The van der Waals surface area contributed by atoms with Crippen LogP contribution in [0.2, 0.25) is 5.02 Å². The molecule has 0 aliphatic carbocycles. The molecule has 1 amide bonds. The fourth-order valence-electron chi connectivity index (χ4n) is 3.61. The van der Waals surface area contributed by atoms with Crippen molar-refractivity contribution in [3.05, 3.63) is 69.5 Å². The molecule has 2 heterocycles. The number of nitrogens with zero attached hydrogens (tertiary/aromatic N) is 1. The lowest BCUT2D eigenvalue weighted by atomic mass is 10.2. The number of fused-ring (bicyclic) bond motifs is 1. The third kappa shape index (κ3) is 5.14. The summed E-state index contributed by atoms with van der Waals surface area (Å²) < 4.78 is 37.2. The summed E-state index contributed by atoms with van der Waals surface area (Å²) in [6.45, 7) is 0.154. The van der Waals surface area contributed by atoms with E-state index in [1.807, 2.05) is 0 Å². The zero-order valence-electron chi connectivity index (χ0n) is 18.0. The molecule has 0 unspecified atom stereocenters. The Hall–Kier alpha value is -3.21. The van der Waals surface area contributed by atoms with E-state index in [4.69, 9.17) is 20.8 Å². The summed E-state index contributed by atoms with van der Waals surface area (Å²) in [5.41, 5.74) is -0.858. The van der Waals surface area contributed by atoms with Crippen molar-refractivity contribution in [2.75, 3.05) is 25.0 Å². The Kier molecular flexibility index (Phi) is 7.01. The van der Waals surface area contributed by atoms with Crippen LogP contribution in [0.4, 0.5) is 5.69 Å². The number of piperidine rings is 1. The van der Waals surface area contributed by atoms with Crippen molar-refractivity contribution < 1.29 is 27.2 Å². The van der Waals surface area contributed by atoms with E-state index in [-0.39, 0.29) is 21.2 Å². The molecular formula is C23H21ClN2O7S. The first-order chi connectivity index (χ1) is 16.3. The average molecular weight is 505 g/mol. The zero-order chi connectivity index (χ0) is 24.3. The molecule has 0 spiro atoms. The lowest BCUT2D eigenvalue weighted by molar-refractivity contribution is -0.119. The molecule has 0 atom stereocenters. The summed E-state index contributed by atoms with van der Waals surface area (Å²) >= 11 is 6.13. The molecule has 11 heteroatoms. The van der Waals surface area contributed by atoms with Crippen molar-refractivity contribution in [2.24, 2.45) is 0 Å². The second-order valence-corrected chi connectivity index (χ2v) is 10.1. The first kappa shape index (κ1) is 23.9. The van der Waals surface area contributed by atoms with Gasteiger partial charge in [0.2, 0.25) is 10.0 Å². The van der Waals surface area contributed by atoms with Gasteiger partial charge in [-0.1, -0.05) is 36.2 Å². The molecule has 34 heavy (non-hydrogen) atoms. The third-order valence-electron chi connectivity index (χ3n) is 5.36. The highest BCUT2D eigenvalue weighted by Gasteiger charge is 2.27. The number of hydrogen-bond acceptors (Lipinski definition) is 7. The maximum atomic E-state index is 12.9. The Labute approximate surface area is 200 Å². The predicted molar refractivity (Wildman–Crippen MR) is 125 cm³/mol. The highest BCUT2D eigenvalue weighted by atomic mass is 35.5. The van der Waals surface area contributed by atoms with Crippen LogP contribution >= 0.6 is 11.6 Å². The van der Waals surface area contributed by atoms with E-state index in [2.05, 4.69) is 5.32 Å². The second-order valence-electron chi connectivity index (χ2n) is 7.72. The van der Waals surface area contributed by atoms with Gasteiger partial charge in [0.05, 0.1) is 15.6 Å². The van der Waals surface area contributed by atoms with Crippen molar-refractivity contribution in [2.45, 2.75) is 24.2 Å². The third-order valence-corrected chi connectivity index (χ3v) is 7.58. The number of para-hydroxylation sites is 1. The number of halogens is 1. The van der Waals surface area contributed by atoms with Crippen molar-refractivity contribution in [3.8, 4) is 0 Å². The maximum Gasteiger partial charge on any atom is 0.351 e. The number of sulfonamides is 1.